The fraction of sp³-hybridized carbons (Fsp3) is 0.222. The van der Waals surface area contributed by atoms with Gasteiger partial charge in [0.15, 0.2) is 5.69 Å². The minimum atomic E-state index is -4.79. The van der Waals surface area contributed by atoms with Crippen molar-refractivity contribution in [3.8, 4) is 6.07 Å². The summed E-state index contributed by atoms with van der Waals surface area (Å²) < 4.78 is 43.3. The van der Waals surface area contributed by atoms with Gasteiger partial charge in [-0.15, -0.1) is 0 Å². The number of halogens is 3. The zero-order chi connectivity index (χ0) is 20.3. The number of aromatic nitrogens is 1. The summed E-state index contributed by atoms with van der Waals surface area (Å²) in [5.74, 6) is -0.713. The van der Waals surface area contributed by atoms with Crippen molar-refractivity contribution in [3.63, 3.8) is 0 Å². The molecular weight excluding hydrogens is 377 g/mol. The lowest BCUT2D eigenvalue weighted by atomic mass is 10.1. The molecule has 10 heteroatoms. The Kier molecular flexibility index (Phi) is 5.17. The number of benzene rings is 1. The van der Waals surface area contributed by atoms with Crippen LogP contribution < -0.4 is 5.32 Å². The van der Waals surface area contributed by atoms with E-state index in [1.54, 1.807) is 24.3 Å². The molecule has 7 nitrogen and oxygen atoms in total. The molecule has 0 spiro atoms. The molecule has 0 saturated carbocycles. The fourth-order valence-corrected chi connectivity index (χ4v) is 2.64. The number of anilines is 1. The van der Waals surface area contributed by atoms with Crippen LogP contribution >= 0.6 is 0 Å². The van der Waals surface area contributed by atoms with Crippen molar-refractivity contribution in [2.24, 2.45) is 0 Å². The van der Waals surface area contributed by atoms with Crippen molar-refractivity contribution >= 4 is 17.7 Å². The van der Waals surface area contributed by atoms with Gasteiger partial charge in [0.1, 0.15) is 12.7 Å². The molecule has 1 saturated heterocycles. The lowest BCUT2D eigenvalue weighted by Gasteiger charge is -2.14. The van der Waals surface area contributed by atoms with Gasteiger partial charge in [-0.2, -0.15) is 18.4 Å². The first kappa shape index (κ1) is 19.2. The highest BCUT2D eigenvalue weighted by molar-refractivity contribution is 6.04. The normalized spacial score (nSPS) is 13.8. The molecule has 0 unspecified atom stereocenters. The predicted molar refractivity (Wildman–Crippen MR) is 90.1 cm³/mol. The van der Waals surface area contributed by atoms with Crippen LogP contribution in [-0.4, -0.2) is 35.0 Å². The number of amides is 2. The second-order valence-electron chi connectivity index (χ2n) is 5.92. The fourth-order valence-electron chi connectivity index (χ4n) is 2.64. The second-order valence-corrected chi connectivity index (χ2v) is 5.92. The van der Waals surface area contributed by atoms with Crippen LogP contribution in [0.4, 0.5) is 23.7 Å². The molecule has 144 valence electrons. The predicted octanol–water partition coefficient (Wildman–Crippen LogP) is 3.18. The van der Waals surface area contributed by atoms with E-state index in [4.69, 9.17) is 10.00 Å². The average Bonchev–Trinajstić information content (AvgIpc) is 3.05. The summed E-state index contributed by atoms with van der Waals surface area (Å²) in [7, 11) is 0. The van der Waals surface area contributed by atoms with E-state index < -0.39 is 29.4 Å². The quantitative estimate of drug-likeness (QED) is 0.865. The van der Waals surface area contributed by atoms with Crippen LogP contribution in [0.5, 0.6) is 0 Å². The minimum Gasteiger partial charge on any atom is -0.448 e. The third kappa shape index (κ3) is 4.20. The van der Waals surface area contributed by atoms with Crippen LogP contribution in [0.2, 0.25) is 0 Å². The molecule has 2 heterocycles. The Bertz CT molecular complexity index is 969. The van der Waals surface area contributed by atoms with E-state index in [-0.39, 0.29) is 5.56 Å². The SMILES string of the molecule is N#Cc1cc(C(=O)Nc2cccc(CN3CCOC3=O)c2)cnc1C(F)(F)F. The molecule has 0 aliphatic carbocycles. The molecule has 0 bridgehead atoms. The molecule has 3 rings (SSSR count). The van der Waals surface area contributed by atoms with E-state index in [2.05, 4.69) is 10.3 Å². The third-order valence-electron chi connectivity index (χ3n) is 3.94. The zero-order valence-corrected chi connectivity index (χ0v) is 14.3. The number of rotatable bonds is 4. The van der Waals surface area contributed by atoms with Crippen LogP contribution in [0.3, 0.4) is 0 Å². The average molecular weight is 390 g/mol. The highest BCUT2D eigenvalue weighted by Crippen LogP contribution is 2.30. The molecule has 2 aromatic rings. The molecule has 28 heavy (non-hydrogen) atoms. The number of nitriles is 1. The molecule has 1 fully saturated rings. The molecule has 1 N–H and O–H groups in total. The summed E-state index contributed by atoms with van der Waals surface area (Å²) in [5.41, 5.74) is -1.14. The second kappa shape index (κ2) is 7.56. The molecular formula is C18H13F3N4O3. The first-order chi connectivity index (χ1) is 13.3. The molecule has 1 aromatic heterocycles. The molecule has 1 aromatic carbocycles. The first-order valence-corrected chi connectivity index (χ1v) is 8.07. The largest absolute Gasteiger partial charge is 0.448 e. The van der Waals surface area contributed by atoms with Crippen LogP contribution in [0.25, 0.3) is 0 Å². The van der Waals surface area contributed by atoms with Gasteiger partial charge >= 0.3 is 12.3 Å². The van der Waals surface area contributed by atoms with E-state index in [0.29, 0.717) is 25.4 Å². The van der Waals surface area contributed by atoms with Crippen LogP contribution in [-0.2, 0) is 17.5 Å². The van der Waals surface area contributed by atoms with Crippen molar-refractivity contribution in [1.82, 2.24) is 9.88 Å². The maximum Gasteiger partial charge on any atom is 0.434 e. The number of pyridine rings is 1. The molecule has 1 aliphatic rings. The van der Waals surface area contributed by atoms with Gasteiger partial charge in [-0.3, -0.25) is 4.79 Å². The van der Waals surface area contributed by atoms with E-state index in [1.165, 1.54) is 11.0 Å². The summed E-state index contributed by atoms with van der Waals surface area (Å²) in [5, 5.41) is 11.4. The highest BCUT2D eigenvalue weighted by Gasteiger charge is 2.36. The highest BCUT2D eigenvalue weighted by atomic mass is 19.4. The Hall–Kier alpha value is -3.61. The van der Waals surface area contributed by atoms with E-state index in [1.807, 2.05) is 0 Å². The van der Waals surface area contributed by atoms with Crippen molar-refractivity contribution < 1.29 is 27.5 Å². The Labute approximate surface area is 157 Å². The van der Waals surface area contributed by atoms with E-state index in [0.717, 1.165) is 17.8 Å². The number of alkyl halides is 3. The summed E-state index contributed by atoms with van der Waals surface area (Å²) in [6.45, 7) is 1.07. The number of nitrogens with zero attached hydrogens (tertiary/aromatic N) is 3. The Morgan fingerprint density at radius 2 is 2.14 bits per heavy atom. The third-order valence-corrected chi connectivity index (χ3v) is 3.94. The number of carbonyl (C=O) groups is 2. The number of hydrogen-bond acceptors (Lipinski definition) is 5. The molecule has 1 aliphatic heterocycles. The Balaban J connectivity index is 1.75. The van der Waals surface area contributed by atoms with Gasteiger partial charge in [0, 0.05) is 18.4 Å². The summed E-state index contributed by atoms with van der Waals surface area (Å²) in [6.07, 6.45) is -4.44. The van der Waals surface area contributed by atoms with E-state index >= 15 is 0 Å². The van der Waals surface area contributed by atoms with Crippen molar-refractivity contribution in [2.75, 3.05) is 18.5 Å². The van der Waals surface area contributed by atoms with Gasteiger partial charge in [-0.05, 0) is 23.8 Å². The van der Waals surface area contributed by atoms with Gasteiger partial charge in [-0.1, -0.05) is 12.1 Å². The lowest BCUT2D eigenvalue weighted by molar-refractivity contribution is -0.141. The smallest absolute Gasteiger partial charge is 0.434 e. The molecule has 2 amide bonds. The minimum absolute atomic E-state index is 0.182. The maximum absolute atomic E-state index is 12.8. The Morgan fingerprint density at radius 1 is 1.36 bits per heavy atom. The zero-order valence-electron chi connectivity index (χ0n) is 14.3. The summed E-state index contributed by atoms with van der Waals surface area (Å²) in [6, 6.07) is 8.89. The van der Waals surface area contributed by atoms with Gasteiger partial charge in [-0.25, -0.2) is 9.78 Å². The maximum atomic E-state index is 12.8. The summed E-state index contributed by atoms with van der Waals surface area (Å²) in [4.78, 5) is 28.5. The van der Waals surface area contributed by atoms with Crippen molar-refractivity contribution in [3.05, 3.63) is 58.9 Å². The first-order valence-electron chi connectivity index (χ1n) is 8.07. The van der Waals surface area contributed by atoms with Crippen LogP contribution in [0.15, 0.2) is 36.5 Å². The van der Waals surface area contributed by atoms with Gasteiger partial charge < -0.3 is 15.0 Å². The van der Waals surface area contributed by atoms with Gasteiger partial charge in [0.25, 0.3) is 5.91 Å². The topological polar surface area (TPSA) is 95.3 Å². The van der Waals surface area contributed by atoms with Crippen molar-refractivity contribution in [2.45, 2.75) is 12.7 Å². The van der Waals surface area contributed by atoms with Crippen LogP contribution in [0, 0.1) is 11.3 Å². The molecule has 0 atom stereocenters. The number of nitrogens with one attached hydrogen (secondary N) is 1. The standard InChI is InChI=1S/C18H13F3N4O3/c19-18(20,21)15-12(8-22)7-13(9-23-15)16(26)24-14-3-1-2-11(6-14)10-25-4-5-28-17(25)27/h1-3,6-7,9H,4-5,10H2,(H,24,26). The van der Waals surface area contributed by atoms with Crippen LogP contribution in [0.1, 0.15) is 27.2 Å². The number of ether oxygens (including phenoxy) is 1. The number of cyclic esters (lactones) is 1. The summed E-state index contributed by atoms with van der Waals surface area (Å²) >= 11 is 0. The number of hydrogen-bond donors (Lipinski definition) is 1. The molecule has 0 radical (unpaired) electrons. The number of carbonyl (C=O) groups excluding carboxylic acids is 2. The lowest BCUT2D eigenvalue weighted by Crippen LogP contribution is -2.23. The van der Waals surface area contributed by atoms with Crippen molar-refractivity contribution in [1.29, 1.82) is 5.26 Å². The Morgan fingerprint density at radius 3 is 2.79 bits per heavy atom. The van der Waals surface area contributed by atoms with Gasteiger partial charge in [0.05, 0.1) is 17.7 Å². The monoisotopic (exact) mass is 390 g/mol. The van der Waals surface area contributed by atoms with E-state index in [9.17, 15) is 22.8 Å². The van der Waals surface area contributed by atoms with Gasteiger partial charge in [0.2, 0.25) is 0 Å².